The first-order valence-corrected chi connectivity index (χ1v) is 4.50. The Hall–Kier alpha value is -0.710. The zero-order chi connectivity index (χ0) is 9.14. The van der Waals surface area contributed by atoms with Gasteiger partial charge in [-0.15, -0.1) is 0 Å². The lowest BCUT2D eigenvalue weighted by atomic mass is 10.2. The fourth-order valence-electron chi connectivity index (χ4n) is 0.702. The molecule has 12 heavy (non-hydrogen) atoms. The molecule has 0 fully saturated rings. The number of hydrogen-bond acceptors (Lipinski definition) is 2. The molecule has 5 heteroatoms. The average Bonchev–Trinajstić information content (AvgIpc) is 2.04. The molecule has 1 aromatic rings. The monoisotopic (exact) mass is 204 g/mol. The van der Waals surface area contributed by atoms with Gasteiger partial charge in [-0.25, -0.2) is 4.21 Å². The first-order valence-electron chi connectivity index (χ1n) is 3.02. The summed E-state index contributed by atoms with van der Waals surface area (Å²) in [6.07, 6.45) is 0. The Labute approximate surface area is 76.6 Å². The lowest BCUT2D eigenvalue weighted by Crippen LogP contribution is -1.91. The first kappa shape index (κ1) is 9.38. The van der Waals surface area contributed by atoms with Crippen molar-refractivity contribution in [3.8, 4) is 0 Å². The summed E-state index contributed by atoms with van der Waals surface area (Å²) in [5, 5.41) is -0.578. The molecule has 0 saturated carbocycles. The molecule has 1 aromatic carbocycles. The lowest BCUT2D eigenvalue weighted by molar-refractivity contribution is 0.108. The summed E-state index contributed by atoms with van der Waals surface area (Å²) in [6.45, 7) is 0. The third kappa shape index (κ3) is 2.14. The lowest BCUT2D eigenvalue weighted by Gasteiger charge is -1.95. The van der Waals surface area contributed by atoms with Crippen LogP contribution in [0.4, 0.5) is 0 Å². The Kier molecular flexibility index (Phi) is 2.97. The smallest absolute Gasteiger partial charge is 0.252 e. The van der Waals surface area contributed by atoms with Gasteiger partial charge < -0.3 is 4.55 Å². The van der Waals surface area contributed by atoms with Crippen LogP contribution in [0.15, 0.2) is 29.2 Å². The van der Waals surface area contributed by atoms with Crippen LogP contribution >= 0.6 is 11.6 Å². The second-order valence-corrected chi connectivity index (χ2v) is 3.36. The van der Waals surface area contributed by atoms with Crippen molar-refractivity contribution in [1.82, 2.24) is 0 Å². The van der Waals surface area contributed by atoms with Crippen molar-refractivity contribution < 1.29 is 13.6 Å². The van der Waals surface area contributed by atoms with Gasteiger partial charge in [0.15, 0.2) is 11.1 Å². The van der Waals surface area contributed by atoms with Crippen molar-refractivity contribution in [2.45, 2.75) is 4.90 Å². The highest BCUT2D eigenvalue weighted by atomic mass is 35.5. The molecule has 0 radical (unpaired) electrons. The number of carbonyl (C=O) groups excluding carboxylic acids is 1. The molecule has 0 amide bonds. The van der Waals surface area contributed by atoms with Crippen LogP contribution in [0.2, 0.25) is 0 Å². The van der Waals surface area contributed by atoms with Crippen LogP contribution in [-0.4, -0.2) is 14.0 Å². The molecule has 64 valence electrons. The number of hydrogen-bond donors (Lipinski definition) is 1. The van der Waals surface area contributed by atoms with Crippen molar-refractivity contribution in [3.63, 3.8) is 0 Å². The Morgan fingerprint density at radius 3 is 2.17 bits per heavy atom. The summed E-state index contributed by atoms with van der Waals surface area (Å²) >= 11 is 3.15. The maximum Gasteiger partial charge on any atom is 0.252 e. The Morgan fingerprint density at radius 1 is 1.33 bits per heavy atom. The summed E-state index contributed by atoms with van der Waals surface area (Å²) in [5.74, 6) is 0. The van der Waals surface area contributed by atoms with Crippen molar-refractivity contribution in [3.05, 3.63) is 29.8 Å². The molecular weight excluding hydrogens is 200 g/mol. The van der Waals surface area contributed by atoms with Gasteiger partial charge in [0, 0.05) is 5.56 Å². The van der Waals surface area contributed by atoms with Crippen LogP contribution in [0.5, 0.6) is 0 Å². The minimum Gasteiger partial charge on any atom is -0.302 e. The van der Waals surface area contributed by atoms with E-state index in [1.54, 1.807) is 0 Å². The highest BCUT2D eigenvalue weighted by molar-refractivity contribution is 7.79. The highest BCUT2D eigenvalue weighted by Gasteiger charge is 2.02. The van der Waals surface area contributed by atoms with E-state index in [0.717, 1.165) is 0 Å². The molecule has 1 atom stereocenters. The molecule has 1 N–H and O–H groups in total. The molecule has 1 rings (SSSR count). The molecule has 0 heterocycles. The molecule has 0 aromatic heterocycles. The van der Waals surface area contributed by atoms with E-state index in [9.17, 15) is 9.00 Å². The van der Waals surface area contributed by atoms with E-state index in [4.69, 9.17) is 16.2 Å². The fourth-order valence-corrected chi connectivity index (χ4v) is 1.20. The van der Waals surface area contributed by atoms with E-state index in [0.29, 0.717) is 5.56 Å². The maximum absolute atomic E-state index is 10.6. The van der Waals surface area contributed by atoms with Gasteiger partial charge in [0.25, 0.3) is 5.24 Å². The van der Waals surface area contributed by atoms with Gasteiger partial charge in [-0.3, -0.25) is 4.79 Å². The molecule has 1 unspecified atom stereocenters. The quantitative estimate of drug-likeness (QED) is 0.589. The molecular formula is C7H5ClO3S. The van der Waals surface area contributed by atoms with Crippen molar-refractivity contribution >= 4 is 27.9 Å². The third-order valence-electron chi connectivity index (χ3n) is 1.28. The van der Waals surface area contributed by atoms with Crippen LogP contribution in [-0.2, 0) is 11.1 Å². The molecule has 0 spiro atoms. The topological polar surface area (TPSA) is 54.4 Å². The van der Waals surface area contributed by atoms with Gasteiger partial charge in [0.05, 0.1) is 4.90 Å². The van der Waals surface area contributed by atoms with E-state index < -0.39 is 16.3 Å². The van der Waals surface area contributed by atoms with Crippen molar-refractivity contribution in [1.29, 1.82) is 0 Å². The standard InChI is InChI=1S/C7H5ClO3S/c8-7(9)5-1-3-6(4-2-5)12(10)11/h1-4H,(H,10,11). The number of carbonyl (C=O) groups is 1. The van der Waals surface area contributed by atoms with E-state index in [2.05, 4.69) is 0 Å². The first-order chi connectivity index (χ1) is 5.61. The summed E-state index contributed by atoms with van der Waals surface area (Å²) in [5.41, 5.74) is 0.311. The zero-order valence-corrected chi connectivity index (χ0v) is 7.43. The molecule has 0 bridgehead atoms. The van der Waals surface area contributed by atoms with E-state index in [-0.39, 0.29) is 4.90 Å². The van der Waals surface area contributed by atoms with Gasteiger partial charge in [-0.05, 0) is 35.9 Å². The SMILES string of the molecule is O=C(Cl)c1ccc(S(=O)O)cc1. The minimum absolute atomic E-state index is 0.247. The Bertz CT molecular complexity index is 287. The van der Waals surface area contributed by atoms with Gasteiger partial charge in [-0.1, -0.05) is 0 Å². The minimum atomic E-state index is -2.00. The van der Waals surface area contributed by atoms with Gasteiger partial charge in [-0.2, -0.15) is 0 Å². The zero-order valence-electron chi connectivity index (χ0n) is 5.86. The third-order valence-corrected chi connectivity index (χ3v) is 2.18. The predicted octanol–water partition coefficient (Wildman–Crippen LogP) is 1.65. The van der Waals surface area contributed by atoms with Crippen LogP contribution in [0.25, 0.3) is 0 Å². The summed E-state index contributed by atoms with van der Waals surface area (Å²) in [4.78, 5) is 10.8. The molecule has 0 aliphatic carbocycles. The number of benzene rings is 1. The van der Waals surface area contributed by atoms with Gasteiger partial charge in [0.1, 0.15) is 0 Å². The van der Waals surface area contributed by atoms with Crippen LogP contribution < -0.4 is 0 Å². The predicted molar refractivity (Wildman–Crippen MR) is 45.7 cm³/mol. The van der Waals surface area contributed by atoms with Crippen LogP contribution in [0, 0.1) is 0 Å². The number of rotatable bonds is 2. The van der Waals surface area contributed by atoms with Gasteiger partial charge >= 0.3 is 0 Å². The average molecular weight is 205 g/mol. The maximum atomic E-state index is 10.6. The van der Waals surface area contributed by atoms with Crippen molar-refractivity contribution in [2.75, 3.05) is 0 Å². The molecule has 0 aliphatic rings. The summed E-state index contributed by atoms with van der Waals surface area (Å²) in [7, 11) is 0. The summed E-state index contributed by atoms with van der Waals surface area (Å²) in [6, 6.07) is 5.56. The van der Waals surface area contributed by atoms with Crippen LogP contribution in [0.3, 0.4) is 0 Å². The second-order valence-electron chi connectivity index (χ2n) is 2.05. The van der Waals surface area contributed by atoms with E-state index in [1.165, 1.54) is 24.3 Å². The fraction of sp³-hybridized carbons (Fsp3) is 0. The molecule has 0 saturated heterocycles. The number of halogens is 1. The van der Waals surface area contributed by atoms with E-state index >= 15 is 0 Å². The normalized spacial score (nSPS) is 12.5. The second kappa shape index (κ2) is 3.80. The Morgan fingerprint density at radius 2 is 1.83 bits per heavy atom. The largest absolute Gasteiger partial charge is 0.302 e. The van der Waals surface area contributed by atoms with Crippen molar-refractivity contribution in [2.24, 2.45) is 0 Å². The molecule has 3 nitrogen and oxygen atoms in total. The van der Waals surface area contributed by atoms with Crippen LogP contribution in [0.1, 0.15) is 10.4 Å². The highest BCUT2D eigenvalue weighted by Crippen LogP contribution is 2.08. The van der Waals surface area contributed by atoms with Gasteiger partial charge in [0.2, 0.25) is 0 Å². The Balaban J connectivity index is 3.01. The van der Waals surface area contributed by atoms with E-state index in [1.807, 2.05) is 0 Å². The molecule has 0 aliphatic heterocycles. The summed E-state index contributed by atoms with van der Waals surface area (Å²) < 4.78 is 19.1.